The van der Waals surface area contributed by atoms with Crippen molar-refractivity contribution < 1.29 is 24.3 Å². The maximum absolute atomic E-state index is 12.6. The van der Waals surface area contributed by atoms with E-state index in [1.165, 1.54) is 12.5 Å². The number of nitrogens with zero attached hydrogens (tertiary/aromatic N) is 1. The van der Waals surface area contributed by atoms with Crippen molar-refractivity contribution in [2.45, 2.75) is 38.4 Å². The Bertz CT molecular complexity index is 681. The molecule has 1 aromatic heterocycles. The van der Waals surface area contributed by atoms with Crippen LogP contribution in [0, 0.1) is 5.92 Å². The fourth-order valence-electron chi connectivity index (χ4n) is 2.22. The number of nitrogens with two attached hydrogens (primary N) is 1. The van der Waals surface area contributed by atoms with Crippen molar-refractivity contribution in [3.8, 4) is 0 Å². The van der Waals surface area contributed by atoms with Gasteiger partial charge in [0.1, 0.15) is 12.1 Å². The van der Waals surface area contributed by atoms with Crippen LogP contribution in [-0.2, 0) is 25.6 Å². The van der Waals surface area contributed by atoms with Crippen LogP contribution in [0.2, 0.25) is 0 Å². The fraction of sp³-hybridized carbons (Fsp3) is 0.562. The molecule has 0 aliphatic rings. The number of carbonyl (C=O) groups is 4. The Kier molecular flexibility index (Phi) is 9.45. The van der Waals surface area contributed by atoms with E-state index in [-0.39, 0.29) is 24.6 Å². The van der Waals surface area contributed by atoms with Crippen molar-refractivity contribution in [3.05, 3.63) is 18.2 Å². The highest BCUT2D eigenvalue weighted by atomic mass is 32.1. The summed E-state index contributed by atoms with van der Waals surface area (Å²) in [6.45, 7) is 2.92. The van der Waals surface area contributed by atoms with Crippen LogP contribution in [-0.4, -0.2) is 69.2 Å². The highest BCUT2D eigenvalue weighted by molar-refractivity contribution is 7.80. The van der Waals surface area contributed by atoms with Crippen molar-refractivity contribution in [2.24, 2.45) is 11.7 Å². The second kappa shape index (κ2) is 11.3. The van der Waals surface area contributed by atoms with Crippen molar-refractivity contribution in [1.29, 1.82) is 0 Å². The highest BCUT2D eigenvalue weighted by Crippen LogP contribution is 2.05. The third-order valence-electron chi connectivity index (χ3n) is 3.82. The van der Waals surface area contributed by atoms with E-state index in [1.54, 1.807) is 13.8 Å². The third kappa shape index (κ3) is 7.56. The van der Waals surface area contributed by atoms with Crippen molar-refractivity contribution in [1.82, 2.24) is 25.9 Å². The van der Waals surface area contributed by atoms with E-state index in [9.17, 15) is 24.3 Å². The van der Waals surface area contributed by atoms with Crippen LogP contribution in [0.15, 0.2) is 12.5 Å². The highest BCUT2D eigenvalue weighted by Gasteiger charge is 2.29. The summed E-state index contributed by atoms with van der Waals surface area (Å²) in [5.74, 6) is -3.26. The summed E-state index contributed by atoms with van der Waals surface area (Å²) < 4.78 is 0. The van der Waals surface area contributed by atoms with Gasteiger partial charge in [0, 0.05) is 24.1 Å². The Morgan fingerprint density at radius 1 is 1.25 bits per heavy atom. The van der Waals surface area contributed by atoms with E-state index in [0.29, 0.717) is 5.69 Å². The molecule has 3 unspecified atom stereocenters. The molecule has 0 spiro atoms. The minimum absolute atomic E-state index is 0.0616. The Hall–Kier alpha value is -2.60. The molecule has 28 heavy (non-hydrogen) atoms. The van der Waals surface area contributed by atoms with Crippen LogP contribution >= 0.6 is 12.6 Å². The predicted octanol–water partition coefficient (Wildman–Crippen LogP) is -1.96. The van der Waals surface area contributed by atoms with Gasteiger partial charge in [-0.2, -0.15) is 12.6 Å². The zero-order chi connectivity index (χ0) is 21.3. The molecule has 0 aromatic carbocycles. The topological polar surface area (TPSA) is 179 Å². The second-order valence-electron chi connectivity index (χ2n) is 6.48. The molecule has 0 saturated carbocycles. The molecule has 1 aromatic rings. The van der Waals surface area contributed by atoms with E-state index < -0.39 is 41.8 Å². The maximum atomic E-state index is 12.6. The molecule has 0 fully saturated rings. The first-order chi connectivity index (χ1) is 13.1. The van der Waals surface area contributed by atoms with Crippen LogP contribution in [0.4, 0.5) is 0 Å². The molecule has 0 saturated heterocycles. The summed E-state index contributed by atoms with van der Waals surface area (Å²) >= 11 is 3.90. The number of amides is 3. The molecule has 11 nitrogen and oxygen atoms in total. The average Bonchev–Trinajstić information content (AvgIpc) is 3.15. The third-order valence-corrected chi connectivity index (χ3v) is 4.21. The minimum atomic E-state index is -1.18. The molecule has 0 aliphatic heterocycles. The molecule has 12 heteroatoms. The standard InChI is InChI=1S/C16H26N6O5S/c1-8(2)13(16(26)27)22-15(25)11(3-9-4-18-7-20-9)21-12(23)5-19-14(24)10(17)6-28/h4,7-8,10-11,13,28H,3,5-6,17H2,1-2H3,(H,18,20)(H,19,24)(H,21,23)(H,22,25)(H,26,27). The fourth-order valence-corrected chi connectivity index (χ4v) is 2.39. The van der Waals surface area contributed by atoms with Crippen molar-refractivity contribution >= 4 is 36.3 Å². The van der Waals surface area contributed by atoms with Gasteiger partial charge in [-0.15, -0.1) is 0 Å². The number of aliphatic carboxylic acids is 1. The molecule has 0 radical (unpaired) electrons. The lowest BCUT2D eigenvalue weighted by atomic mass is 10.0. The Morgan fingerprint density at radius 3 is 2.43 bits per heavy atom. The molecule has 0 bridgehead atoms. The molecule has 1 heterocycles. The number of carboxylic acids is 1. The van der Waals surface area contributed by atoms with Crippen LogP contribution in [0.5, 0.6) is 0 Å². The molecule has 3 amide bonds. The number of imidazole rings is 1. The van der Waals surface area contributed by atoms with E-state index in [4.69, 9.17) is 5.73 Å². The Morgan fingerprint density at radius 2 is 1.93 bits per heavy atom. The summed E-state index contributed by atoms with van der Waals surface area (Å²) in [4.78, 5) is 54.3. The number of carbonyl (C=O) groups excluding carboxylic acids is 3. The number of hydrogen-bond donors (Lipinski definition) is 7. The minimum Gasteiger partial charge on any atom is -0.480 e. The summed E-state index contributed by atoms with van der Waals surface area (Å²) in [6, 6.07) is -3.03. The molecule has 1 rings (SSSR count). The lowest BCUT2D eigenvalue weighted by Crippen LogP contribution is -2.55. The Labute approximate surface area is 167 Å². The number of thiol groups is 1. The van der Waals surface area contributed by atoms with E-state index in [1.807, 2.05) is 0 Å². The lowest BCUT2D eigenvalue weighted by Gasteiger charge is -2.23. The zero-order valence-electron chi connectivity index (χ0n) is 15.6. The first-order valence-corrected chi connectivity index (χ1v) is 9.22. The molecule has 7 N–H and O–H groups in total. The average molecular weight is 414 g/mol. The van der Waals surface area contributed by atoms with Gasteiger partial charge in [-0.05, 0) is 5.92 Å². The number of hydrogen-bond acceptors (Lipinski definition) is 7. The molecular formula is C16H26N6O5S. The summed E-state index contributed by atoms with van der Waals surface area (Å²) in [5, 5.41) is 16.5. The Balaban J connectivity index is 2.78. The number of nitrogens with one attached hydrogen (secondary N) is 4. The number of aromatic amines is 1. The van der Waals surface area contributed by atoms with E-state index in [0.717, 1.165) is 0 Å². The van der Waals surface area contributed by atoms with Crippen molar-refractivity contribution in [2.75, 3.05) is 12.3 Å². The van der Waals surface area contributed by atoms with Crippen LogP contribution in [0.3, 0.4) is 0 Å². The second-order valence-corrected chi connectivity index (χ2v) is 6.84. The smallest absolute Gasteiger partial charge is 0.326 e. The van der Waals surface area contributed by atoms with Crippen molar-refractivity contribution in [3.63, 3.8) is 0 Å². The summed E-state index contributed by atoms with van der Waals surface area (Å²) in [5.41, 5.74) is 6.07. The van der Waals surface area contributed by atoms with Gasteiger partial charge < -0.3 is 31.8 Å². The van der Waals surface area contributed by atoms with Crippen LogP contribution in [0.25, 0.3) is 0 Å². The molecular weight excluding hydrogens is 388 g/mol. The van der Waals surface area contributed by atoms with Gasteiger partial charge in [0.15, 0.2) is 0 Å². The molecule has 156 valence electrons. The quantitative estimate of drug-likeness (QED) is 0.205. The number of carboxylic acid groups (broad SMARTS) is 1. The lowest BCUT2D eigenvalue weighted by molar-refractivity contribution is -0.143. The van der Waals surface area contributed by atoms with Gasteiger partial charge in [-0.3, -0.25) is 14.4 Å². The summed E-state index contributed by atoms with van der Waals surface area (Å²) in [7, 11) is 0. The first-order valence-electron chi connectivity index (χ1n) is 8.59. The van der Waals surface area contributed by atoms with Gasteiger partial charge in [0.25, 0.3) is 0 Å². The van der Waals surface area contributed by atoms with Gasteiger partial charge in [0.05, 0.1) is 18.9 Å². The van der Waals surface area contributed by atoms with E-state index in [2.05, 4.69) is 38.5 Å². The van der Waals surface area contributed by atoms with E-state index >= 15 is 0 Å². The van der Waals surface area contributed by atoms with Gasteiger partial charge in [0.2, 0.25) is 17.7 Å². The SMILES string of the molecule is CC(C)C(NC(=O)C(Cc1cnc[nH]1)NC(=O)CNC(=O)C(N)CS)C(=O)O. The maximum Gasteiger partial charge on any atom is 0.326 e. The molecule has 0 aliphatic carbocycles. The largest absolute Gasteiger partial charge is 0.480 e. The number of H-pyrrole nitrogens is 1. The monoisotopic (exact) mass is 414 g/mol. The first kappa shape index (κ1) is 23.4. The molecule has 3 atom stereocenters. The van der Waals surface area contributed by atoms with Crippen LogP contribution in [0.1, 0.15) is 19.5 Å². The van der Waals surface area contributed by atoms with Gasteiger partial charge in [-0.25, -0.2) is 9.78 Å². The van der Waals surface area contributed by atoms with Gasteiger partial charge in [-0.1, -0.05) is 13.8 Å². The zero-order valence-corrected chi connectivity index (χ0v) is 16.5. The number of aromatic nitrogens is 2. The van der Waals surface area contributed by atoms with Gasteiger partial charge >= 0.3 is 5.97 Å². The normalized spacial score (nSPS) is 14.0. The summed E-state index contributed by atoms with van der Waals surface area (Å²) in [6.07, 6.45) is 2.96. The number of rotatable bonds is 11. The predicted molar refractivity (Wildman–Crippen MR) is 103 cm³/mol. The van der Waals surface area contributed by atoms with Crippen LogP contribution < -0.4 is 21.7 Å².